The smallest absolute Gasteiger partial charge is 0.326 e. The molecule has 1 aromatic rings. The van der Waals surface area contributed by atoms with E-state index < -0.39 is 12.0 Å². The van der Waals surface area contributed by atoms with Crippen LogP contribution >= 0.6 is 0 Å². The Kier molecular flexibility index (Phi) is 6.72. The highest BCUT2D eigenvalue weighted by molar-refractivity contribution is 5.86. The van der Waals surface area contributed by atoms with Crippen molar-refractivity contribution < 1.29 is 14.7 Å². The first-order chi connectivity index (χ1) is 9.93. The number of nitrogens with one attached hydrogen (secondary N) is 1. The van der Waals surface area contributed by atoms with Crippen LogP contribution in [0.15, 0.2) is 30.3 Å². The second kappa shape index (κ2) is 8.29. The maximum atomic E-state index is 12.1. The highest BCUT2D eigenvalue weighted by Crippen LogP contribution is 2.12. The molecule has 0 aliphatic carbocycles. The number of carbonyl (C=O) groups excluding carboxylic acids is 1. The number of rotatable bonds is 8. The van der Waals surface area contributed by atoms with Crippen molar-refractivity contribution in [3.63, 3.8) is 0 Å². The average molecular weight is 292 g/mol. The number of anilines is 1. The van der Waals surface area contributed by atoms with Crippen LogP contribution in [0.2, 0.25) is 0 Å². The van der Waals surface area contributed by atoms with Gasteiger partial charge in [-0.1, -0.05) is 32.0 Å². The van der Waals surface area contributed by atoms with Gasteiger partial charge in [0.25, 0.3) is 0 Å². The lowest BCUT2D eigenvalue weighted by atomic mass is 10.0. The topological polar surface area (TPSA) is 69.6 Å². The summed E-state index contributed by atoms with van der Waals surface area (Å²) in [6.07, 6.45) is 0.429. The molecule has 5 heteroatoms. The number of amides is 1. The Balaban J connectivity index is 2.64. The predicted octanol–water partition coefficient (Wildman–Crippen LogP) is 2.13. The van der Waals surface area contributed by atoms with Crippen molar-refractivity contribution in [1.82, 2.24) is 5.32 Å². The number of carboxylic acids is 1. The van der Waals surface area contributed by atoms with E-state index in [0.717, 1.165) is 5.69 Å². The quantitative estimate of drug-likeness (QED) is 0.770. The summed E-state index contributed by atoms with van der Waals surface area (Å²) >= 11 is 0. The van der Waals surface area contributed by atoms with Gasteiger partial charge in [-0.3, -0.25) is 4.79 Å². The molecule has 0 saturated heterocycles. The molecule has 0 spiro atoms. The van der Waals surface area contributed by atoms with Crippen LogP contribution in [0.25, 0.3) is 0 Å². The van der Waals surface area contributed by atoms with E-state index >= 15 is 0 Å². The van der Waals surface area contributed by atoms with E-state index in [1.165, 1.54) is 0 Å². The Morgan fingerprint density at radius 3 is 2.33 bits per heavy atom. The Morgan fingerprint density at radius 2 is 1.86 bits per heavy atom. The van der Waals surface area contributed by atoms with Crippen LogP contribution < -0.4 is 10.2 Å². The first-order valence-electron chi connectivity index (χ1n) is 7.26. The maximum Gasteiger partial charge on any atom is 0.326 e. The monoisotopic (exact) mass is 292 g/mol. The molecule has 0 aromatic heterocycles. The van der Waals surface area contributed by atoms with Gasteiger partial charge in [-0.05, 0) is 31.4 Å². The molecule has 1 atom stereocenters. The highest BCUT2D eigenvalue weighted by Gasteiger charge is 2.21. The van der Waals surface area contributed by atoms with E-state index in [4.69, 9.17) is 5.11 Å². The molecule has 1 rings (SSSR count). The van der Waals surface area contributed by atoms with Gasteiger partial charge in [-0.15, -0.1) is 0 Å². The first kappa shape index (κ1) is 17.0. The van der Waals surface area contributed by atoms with Gasteiger partial charge in [-0.2, -0.15) is 0 Å². The summed E-state index contributed by atoms with van der Waals surface area (Å²) in [6.45, 7) is 6.67. The summed E-state index contributed by atoms with van der Waals surface area (Å²) < 4.78 is 0. The number of nitrogens with zero attached hydrogens (tertiary/aromatic N) is 1. The second-order valence-corrected chi connectivity index (χ2v) is 5.44. The van der Waals surface area contributed by atoms with Gasteiger partial charge in [0.05, 0.1) is 6.54 Å². The minimum atomic E-state index is -0.986. The molecule has 0 fully saturated rings. The van der Waals surface area contributed by atoms with Gasteiger partial charge < -0.3 is 15.3 Å². The lowest BCUT2D eigenvalue weighted by molar-refractivity contribution is -0.142. The van der Waals surface area contributed by atoms with Crippen LogP contribution in [0, 0.1) is 5.92 Å². The maximum absolute atomic E-state index is 12.1. The van der Waals surface area contributed by atoms with Crippen LogP contribution in [0.3, 0.4) is 0 Å². The number of aliphatic carboxylic acids is 1. The van der Waals surface area contributed by atoms with E-state index in [2.05, 4.69) is 5.32 Å². The van der Waals surface area contributed by atoms with Crippen molar-refractivity contribution >= 4 is 17.6 Å². The number of hydrogen-bond donors (Lipinski definition) is 2. The van der Waals surface area contributed by atoms with E-state index in [0.29, 0.717) is 13.0 Å². The molecule has 1 aromatic carbocycles. The molecule has 0 radical (unpaired) electrons. The summed E-state index contributed by atoms with van der Waals surface area (Å²) in [5.41, 5.74) is 0.950. The zero-order valence-corrected chi connectivity index (χ0v) is 12.9. The van der Waals surface area contributed by atoms with Crippen LogP contribution in [-0.4, -0.2) is 36.1 Å². The third-order valence-electron chi connectivity index (χ3n) is 3.18. The molecular weight excluding hydrogens is 268 g/mol. The fraction of sp³-hybridized carbons (Fsp3) is 0.500. The third-order valence-corrected chi connectivity index (χ3v) is 3.18. The average Bonchev–Trinajstić information content (AvgIpc) is 2.44. The fourth-order valence-corrected chi connectivity index (χ4v) is 2.13. The minimum absolute atomic E-state index is 0.155. The van der Waals surface area contributed by atoms with Crippen molar-refractivity contribution in [2.24, 2.45) is 5.92 Å². The van der Waals surface area contributed by atoms with Crippen molar-refractivity contribution in [3.8, 4) is 0 Å². The normalized spacial score (nSPS) is 12.0. The molecule has 0 heterocycles. The zero-order chi connectivity index (χ0) is 15.8. The molecule has 0 bridgehead atoms. The van der Waals surface area contributed by atoms with Crippen molar-refractivity contribution in [3.05, 3.63) is 30.3 Å². The number of para-hydroxylation sites is 1. The van der Waals surface area contributed by atoms with E-state index in [-0.39, 0.29) is 18.4 Å². The molecule has 5 nitrogen and oxygen atoms in total. The number of hydrogen-bond acceptors (Lipinski definition) is 3. The van der Waals surface area contributed by atoms with Crippen molar-refractivity contribution in [2.45, 2.75) is 33.2 Å². The van der Waals surface area contributed by atoms with Gasteiger partial charge in [0.2, 0.25) is 5.91 Å². The van der Waals surface area contributed by atoms with Crippen LogP contribution in [0.5, 0.6) is 0 Å². The van der Waals surface area contributed by atoms with E-state index in [9.17, 15) is 9.59 Å². The summed E-state index contributed by atoms with van der Waals surface area (Å²) in [5, 5.41) is 11.8. The lowest BCUT2D eigenvalue weighted by Crippen LogP contribution is -2.46. The van der Waals surface area contributed by atoms with Gasteiger partial charge in [0.15, 0.2) is 0 Å². The van der Waals surface area contributed by atoms with Crippen LogP contribution in [-0.2, 0) is 9.59 Å². The number of carbonyl (C=O) groups is 2. The highest BCUT2D eigenvalue weighted by atomic mass is 16.4. The Hall–Kier alpha value is -2.04. The third kappa shape index (κ3) is 5.85. The molecule has 116 valence electrons. The second-order valence-electron chi connectivity index (χ2n) is 5.44. The molecule has 2 N–H and O–H groups in total. The Labute approximate surface area is 126 Å². The largest absolute Gasteiger partial charge is 0.480 e. The van der Waals surface area contributed by atoms with Gasteiger partial charge in [0, 0.05) is 12.2 Å². The van der Waals surface area contributed by atoms with Crippen LogP contribution in [0.1, 0.15) is 27.2 Å². The standard InChI is InChI=1S/C16H24N2O3/c1-4-18(13-8-6-5-7-9-13)11-15(19)17-14(16(20)21)10-12(2)3/h5-9,12,14H,4,10-11H2,1-3H3,(H,17,19)(H,20,21). The summed E-state index contributed by atoms with van der Waals surface area (Å²) in [5.74, 6) is -1.05. The summed E-state index contributed by atoms with van der Waals surface area (Å²) in [4.78, 5) is 25.1. The minimum Gasteiger partial charge on any atom is -0.480 e. The van der Waals surface area contributed by atoms with E-state index in [1.54, 1.807) is 0 Å². The molecule has 21 heavy (non-hydrogen) atoms. The van der Waals surface area contributed by atoms with Gasteiger partial charge in [-0.25, -0.2) is 4.79 Å². The Bertz CT molecular complexity index is 460. The fourth-order valence-electron chi connectivity index (χ4n) is 2.13. The molecular formula is C16H24N2O3. The molecule has 0 aliphatic rings. The number of likely N-dealkylation sites (N-methyl/N-ethyl adjacent to an activating group) is 1. The molecule has 0 saturated carbocycles. The Morgan fingerprint density at radius 1 is 1.24 bits per heavy atom. The molecule has 1 amide bonds. The van der Waals surface area contributed by atoms with Crippen LogP contribution in [0.4, 0.5) is 5.69 Å². The van der Waals surface area contributed by atoms with Crippen molar-refractivity contribution in [1.29, 1.82) is 0 Å². The first-order valence-corrected chi connectivity index (χ1v) is 7.26. The SMILES string of the molecule is CCN(CC(=O)NC(CC(C)C)C(=O)O)c1ccccc1. The molecule has 1 unspecified atom stereocenters. The molecule has 0 aliphatic heterocycles. The van der Waals surface area contributed by atoms with Crippen molar-refractivity contribution in [2.75, 3.05) is 18.0 Å². The van der Waals surface area contributed by atoms with Gasteiger partial charge >= 0.3 is 5.97 Å². The number of carboxylic acid groups (broad SMARTS) is 1. The lowest BCUT2D eigenvalue weighted by Gasteiger charge is -2.24. The van der Waals surface area contributed by atoms with E-state index in [1.807, 2.05) is 56.0 Å². The summed E-state index contributed by atoms with van der Waals surface area (Å²) in [7, 11) is 0. The summed E-state index contributed by atoms with van der Waals surface area (Å²) in [6, 6.07) is 8.77. The predicted molar refractivity (Wildman–Crippen MR) is 83.4 cm³/mol. The number of benzene rings is 1. The van der Waals surface area contributed by atoms with Gasteiger partial charge in [0.1, 0.15) is 6.04 Å². The zero-order valence-electron chi connectivity index (χ0n) is 12.9.